The van der Waals surface area contributed by atoms with Crippen molar-refractivity contribution in [3.8, 4) is 0 Å². The van der Waals surface area contributed by atoms with E-state index in [1.165, 1.54) is 31.1 Å². The number of methoxy groups -OCH3 is 2. The van der Waals surface area contributed by atoms with Gasteiger partial charge in [-0.15, -0.1) is 0 Å². The average Bonchev–Trinajstić information content (AvgIpc) is 4.04. The molecular weight excluding hydrogens is 1100 g/mol. The van der Waals surface area contributed by atoms with Crippen LogP contribution in [0.3, 0.4) is 0 Å². The lowest BCUT2D eigenvalue weighted by Gasteiger charge is -2.41. The minimum atomic E-state index is -1.19. The highest BCUT2D eigenvalue weighted by Gasteiger charge is 2.45. The molecule has 0 spiro atoms. The third-order valence-corrected chi connectivity index (χ3v) is 17.7. The van der Waals surface area contributed by atoms with Crippen LogP contribution in [0.25, 0.3) is 0 Å². The van der Waals surface area contributed by atoms with Crippen LogP contribution in [0.4, 0.5) is 0 Å². The van der Waals surface area contributed by atoms with Crippen molar-refractivity contribution >= 4 is 106 Å². The van der Waals surface area contributed by atoms with Crippen LogP contribution < -0.4 is 22.1 Å². The first-order chi connectivity index (χ1) is 37.2. The summed E-state index contributed by atoms with van der Waals surface area (Å²) in [6.07, 6.45) is 0.427. The maximum Gasteiger partial charge on any atom is 0.326 e. The van der Waals surface area contributed by atoms with Crippen molar-refractivity contribution in [2.75, 3.05) is 52.9 Å². The molecule has 0 saturated carbocycles. The Morgan fingerprint density at radius 1 is 0.810 bits per heavy atom. The first kappa shape index (κ1) is 68.8. The van der Waals surface area contributed by atoms with Gasteiger partial charge in [0.05, 0.1) is 48.7 Å². The number of thiol groups is 2. The SMILES string of the molecule is CC[C@@H](C)[C@@H]([C@@H](CC(=O)N1CCCC1[C@H](OC)[C@@H](C)C(=O)N[C@@H](Cc1ccccc1)C(=O)O)OC)N(C)C(=O)[C@@H](NC(=O)[C@H](C(C)C)N(C)C(=O)CCCCN1C(=O)C(SC(=O)[C@@H](N)CS)=C(SC(=O)[C@@H](N)CS)C1=O)C(C)C. The summed E-state index contributed by atoms with van der Waals surface area (Å²) in [5.74, 6) is -6.87. The molecule has 3 rings (SSSR count). The first-order valence-corrected chi connectivity index (χ1v) is 29.6. The van der Waals surface area contributed by atoms with Crippen LogP contribution in [0.2, 0.25) is 0 Å². The number of ether oxygens (including phenoxy) is 2. The van der Waals surface area contributed by atoms with Gasteiger partial charge in [0, 0.05) is 65.8 Å². The number of nitrogens with two attached hydrogens (primary N) is 2. The predicted octanol–water partition coefficient (Wildman–Crippen LogP) is 3.13. The molecule has 0 aliphatic carbocycles. The number of rotatable bonds is 32. The van der Waals surface area contributed by atoms with Crippen LogP contribution in [0.1, 0.15) is 99.0 Å². The van der Waals surface area contributed by atoms with Gasteiger partial charge in [0.2, 0.25) is 39.8 Å². The van der Waals surface area contributed by atoms with Crippen LogP contribution in [0, 0.1) is 23.7 Å². The number of nitrogens with one attached hydrogen (secondary N) is 2. The van der Waals surface area contributed by atoms with Crippen LogP contribution in [-0.2, 0) is 63.8 Å². The standard InChI is InChI=1S/C54H84N8O13S4/c1-12-31(6)43(38(74-10)26-40(64)61-24-18-21-37(61)44(75-11)32(7)47(65)57-36(52(70)71)25-33-19-14-13-15-20-33)60(9)49(67)41(29(2)3)58-48(66)42(30(4)5)59(8)39(63)22-16-17-23-62-50(68)45(78-53(72)34(55)27-76)46(51(62)69)79-54(73)35(56)28-77/h13-15,19-20,29-32,34-38,41-44,76-77H,12,16-18,21-28,55-56H2,1-11H3,(H,57,65)(H,58,66)(H,70,71)/t31-,32-,34+,35+,36+,37?,38-,41+,42+,43+,44-/m1/s1. The molecule has 25 heteroatoms. The first-order valence-electron chi connectivity index (χ1n) is 26.7. The van der Waals surface area contributed by atoms with Crippen molar-refractivity contribution in [3.05, 3.63) is 45.7 Å². The van der Waals surface area contributed by atoms with Gasteiger partial charge in [-0.2, -0.15) is 25.3 Å². The Labute approximate surface area is 484 Å². The zero-order chi connectivity index (χ0) is 59.6. The molecule has 79 heavy (non-hydrogen) atoms. The van der Waals surface area contributed by atoms with Gasteiger partial charge in [0.15, 0.2) is 0 Å². The second kappa shape index (κ2) is 32.8. The number of hydrogen-bond donors (Lipinski definition) is 7. The van der Waals surface area contributed by atoms with E-state index in [2.05, 4.69) is 35.9 Å². The van der Waals surface area contributed by atoms with Gasteiger partial charge in [-0.25, -0.2) is 4.79 Å². The van der Waals surface area contributed by atoms with Crippen molar-refractivity contribution in [1.82, 2.24) is 30.2 Å². The fourth-order valence-electron chi connectivity index (χ4n) is 9.85. The zero-order valence-corrected chi connectivity index (χ0v) is 50.8. The lowest BCUT2D eigenvalue weighted by molar-refractivity contribution is -0.149. The Hall–Kier alpha value is -4.50. The molecule has 1 fully saturated rings. The van der Waals surface area contributed by atoms with E-state index in [4.69, 9.17) is 20.9 Å². The quantitative estimate of drug-likeness (QED) is 0.0310. The molecule has 2 heterocycles. The molecule has 2 aliphatic heterocycles. The van der Waals surface area contributed by atoms with Crippen molar-refractivity contribution < 1.29 is 62.5 Å². The number of aliphatic carboxylic acids is 1. The van der Waals surface area contributed by atoms with Gasteiger partial charge < -0.3 is 51.4 Å². The Balaban J connectivity index is 1.73. The number of unbranched alkanes of at least 4 members (excludes halogenated alkanes) is 1. The Kier molecular flexibility index (Phi) is 28.6. The van der Waals surface area contributed by atoms with E-state index in [1.807, 2.05) is 19.9 Å². The summed E-state index contributed by atoms with van der Waals surface area (Å²) < 4.78 is 11.9. The number of amides is 7. The van der Waals surface area contributed by atoms with E-state index < -0.39 is 124 Å². The fraction of sp³-hybridized carbons (Fsp3) is 0.667. The fourth-order valence-corrected chi connectivity index (χ4v) is 12.3. The maximum atomic E-state index is 14.7. The average molecular weight is 1180 g/mol. The number of likely N-dealkylation sites (tertiary alicyclic amines) is 1. The summed E-state index contributed by atoms with van der Waals surface area (Å²) in [5.41, 5.74) is 12.4. The van der Waals surface area contributed by atoms with Crippen LogP contribution in [0.5, 0.6) is 0 Å². The molecule has 1 unspecified atom stereocenters. The minimum absolute atomic E-state index is 0.0196. The van der Waals surface area contributed by atoms with E-state index in [9.17, 15) is 53.1 Å². The molecule has 442 valence electrons. The summed E-state index contributed by atoms with van der Waals surface area (Å²) in [4.78, 5) is 140. The molecular formula is C54H84N8O13S4. The van der Waals surface area contributed by atoms with Gasteiger partial charge in [0.25, 0.3) is 11.8 Å². The number of carbonyl (C=O) groups is 10. The molecule has 0 bridgehead atoms. The second-order valence-electron chi connectivity index (χ2n) is 20.9. The number of imide groups is 1. The number of hydrogen-bond acceptors (Lipinski definition) is 18. The van der Waals surface area contributed by atoms with E-state index in [0.29, 0.717) is 49.3 Å². The Morgan fingerprint density at radius 3 is 1.86 bits per heavy atom. The van der Waals surface area contributed by atoms with Crippen LogP contribution in [-0.4, -0.2) is 190 Å². The zero-order valence-electron chi connectivity index (χ0n) is 47.4. The largest absolute Gasteiger partial charge is 0.480 e. The normalized spacial score (nSPS) is 18.6. The van der Waals surface area contributed by atoms with Crippen molar-refractivity contribution in [1.29, 1.82) is 0 Å². The Morgan fingerprint density at radius 2 is 1.38 bits per heavy atom. The highest BCUT2D eigenvalue weighted by Crippen LogP contribution is 2.38. The van der Waals surface area contributed by atoms with Gasteiger partial charge in [0.1, 0.15) is 27.9 Å². The van der Waals surface area contributed by atoms with Gasteiger partial charge in [-0.3, -0.25) is 48.1 Å². The van der Waals surface area contributed by atoms with Gasteiger partial charge >= 0.3 is 5.97 Å². The summed E-state index contributed by atoms with van der Waals surface area (Å²) in [6, 6.07) is 2.46. The molecule has 1 aromatic carbocycles. The van der Waals surface area contributed by atoms with Crippen LogP contribution in [0.15, 0.2) is 40.1 Å². The summed E-state index contributed by atoms with van der Waals surface area (Å²) in [6.45, 7) is 12.9. The molecule has 1 saturated heterocycles. The van der Waals surface area contributed by atoms with E-state index >= 15 is 0 Å². The number of carboxylic acid groups (broad SMARTS) is 1. The van der Waals surface area contributed by atoms with E-state index in [1.54, 1.807) is 70.8 Å². The van der Waals surface area contributed by atoms with E-state index in [0.717, 1.165) is 10.5 Å². The topological polar surface area (TPSA) is 298 Å². The Bertz CT molecular complexity index is 2300. The predicted molar refractivity (Wildman–Crippen MR) is 310 cm³/mol. The second-order valence-corrected chi connectivity index (χ2v) is 23.7. The summed E-state index contributed by atoms with van der Waals surface area (Å²) in [7, 11) is 6.04. The lowest BCUT2D eigenvalue weighted by Crippen LogP contribution is -2.60. The lowest BCUT2D eigenvalue weighted by atomic mass is 9.89. The summed E-state index contributed by atoms with van der Waals surface area (Å²) in [5, 5.41) is 14.3. The van der Waals surface area contributed by atoms with Crippen molar-refractivity contribution in [2.24, 2.45) is 35.1 Å². The van der Waals surface area contributed by atoms with E-state index in [-0.39, 0.29) is 71.8 Å². The number of nitrogens with zero attached hydrogens (tertiary/aromatic N) is 4. The molecule has 0 aromatic heterocycles. The van der Waals surface area contributed by atoms with Crippen molar-refractivity contribution in [3.63, 3.8) is 0 Å². The maximum absolute atomic E-state index is 14.7. The smallest absolute Gasteiger partial charge is 0.326 e. The van der Waals surface area contributed by atoms with Crippen LogP contribution >= 0.6 is 48.8 Å². The minimum Gasteiger partial charge on any atom is -0.480 e. The molecule has 1 aromatic rings. The molecule has 11 atom stereocenters. The highest BCUT2D eigenvalue weighted by atomic mass is 32.2. The highest BCUT2D eigenvalue weighted by molar-refractivity contribution is 8.21. The molecule has 0 radical (unpaired) electrons. The summed E-state index contributed by atoms with van der Waals surface area (Å²) >= 11 is 9.00. The third-order valence-electron chi connectivity index (χ3n) is 14.6. The molecule has 7 amide bonds. The molecule has 7 N–H and O–H groups in total. The number of thioether (sulfide) groups is 2. The third kappa shape index (κ3) is 18.5. The number of benzene rings is 1. The number of carbonyl (C=O) groups excluding carboxylic acids is 9. The van der Waals surface area contributed by atoms with Gasteiger partial charge in [-0.1, -0.05) is 85.2 Å². The molecule has 2 aliphatic rings. The van der Waals surface area contributed by atoms with Crippen molar-refractivity contribution in [2.45, 2.75) is 154 Å². The molecule has 21 nitrogen and oxygen atoms in total. The number of likely N-dealkylation sites (N-methyl/N-ethyl adjacent to an activating group) is 2. The monoisotopic (exact) mass is 1180 g/mol. The van der Waals surface area contributed by atoms with Gasteiger partial charge in [-0.05, 0) is 72.5 Å². The number of carboxylic acids is 1.